The van der Waals surface area contributed by atoms with Crippen LogP contribution in [0.1, 0.15) is 0 Å². The minimum atomic E-state index is 0.587. The van der Waals surface area contributed by atoms with Crippen molar-refractivity contribution in [2.45, 2.75) is 0 Å². The molecule has 262 valence electrons. The van der Waals surface area contributed by atoms with Crippen LogP contribution in [0.3, 0.4) is 0 Å². The van der Waals surface area contributed by atoms with Gasteiger partial charge in [-0.1, -0.05) is 152 Å². The Morgan fingerprint density at radius 2 is 0.929 bits per heavy atom. The third kappa shape index (κ3) is 5.52. The fourth-order valence-electron chi connectivity index (χ4n) is 7.45. The number of rotatable bonds is 6. The maximum Gasteiger partial charge on any atom is 0.164 e. The van der Waals surface area contributed by atoms with E-state index in [1.54, 1.807) is 11.3 Å². The van der Waals surface area contributed by atoms with Gasteiger partial charge in [0.2, 0.25) is 0 Å². The van der Waals surface area contributed by atoms with Gasteiger partial charge in [-0.25, -0.2) is 24.9 Å². The molecule has 4 heterocycles. The molecule has 7 aromatic carbocycles. The topological polar surface area (TPSA) is 77.6 Å². The van der Waals surface area contributed by atoms with Crippen molar-refractivity contribution in [1.82, 2.24) is 24.9 Å². The van der Waals surface area contributed by atoms with Gasteiger partial charge in [-0.15, -0.1) is 11.3 Å². The van der Waals surface area contributed by atoms with Crippen LogP contribution < -0.4 is 0 Å². The number of fused-ring (bicyclic) bond motifs is 6. The van der Waals surface area contributed by atoms with Crippen LogP contribution in [0, 0.1) is 0 Å². The van der Waals surface area contributed by atoms with E-state index in [0.717, 1.165) is 88.0 Å². The van der Waals surface area contributed by atoms with Crippen molar-refractivity contribution < 1.29 is 4.42 Å². The minimum absolute atomic E-state index is 0.587. The summed E-state index contributed by atoms with van der Waals surface area (Å²) in [6, 6.07) is 59.9. The van der Waals surface area contributed by atoms with Crippen molar-refractivity contribution in [3.63, 3.8) is 0 Å². The summed E-state index contributed by atoms with van der Waals surface area (Å²) in [5.41, 5.74) is 10.4. The molecule has 0 bridgehead atoms. The number of thiophene rings is 1. The molecule has 0 aliphatic rings. The van der Waals surface area contributed by atoms with Crippen LogP contribution in [-0.2, 0) is 0 Å². The van der Waals surface area contributed by atoms with Gasteiger partial charge in [0, 0.05) is 48.7 Å². The summed E-state index contributed by atoms with van der Waals surface area (Å²) in [5, 5.41) is 3.24. The molecule has 6 nitrogen and oxygen atoms in total. The van der Waals surface area contributed by atoms with Gasteiger partial charge in [-0.3, -0.25) is 0 Å². The first-order chi connectivity index (χ1) is 27.7. The van der Waals surface area contributed by atoms with Crippen molar-refractivity contribution in [3.8, 4) is 67.9 Å². The smallest absolute Gasteiger partial charge is 0.164 e. The lowest BCUT2D eigenvalue weighted by Gasteiger charge is -2.09. The fraction of sp³-hybridized carbons (Fsp3) is 0. The highest BCUT2D eigenvalue weighted by atomic mass is 32.1. The first-order valence-corrected chi connectivity index (χ1v) is 19.2. The van der Waals surface area contributed by atoms with Gasteiger partial charge in [-0.05, 0) is 35.4 Å². The van der Waals surface area contributed by atoms with E-state index in [9.17, 15) is 0 Å². The van der Waals surface area contributed by atoms with Crippen molar-refractivity contribution in [1.29, 1.82) is 0 Å². The molecule has 0 saturated carbocycles. The van der Waals surface area contributed by atoms with Gasteiger partial charge < -0.3 is 4.42 Å². The molecule has 0 atom stereocenters. The molecule has 0 amide bonds. The molecule has 0 N–H and O–H groups in total. The van der Waals surface area contributed by atoms with Crippen LogP contribution in [0.25, 0.3) is 110 Å². The highest BCUT2D eigenvalue weighted by molar-refractivity contribution is 7.26. The molecule has 11 rings (SSSR count). The van der Waals surface area contributed by atoms with E-state index >= 15 is 0 Å². The Bertz CT molecular complexity index is 3180. The minimum Gasteiger partial charge on any atom is -0.456 e. The molecular weight excluding hydrogens is 707 g/mol. The van der Waals surface area contributed by atoms with Crippen LogP contribution in [0.5, 0.6) is 0 Å². The van der Waals surface area contributed by atoms with Crippen molar-refractivity contribution in [3.05, 3.63) is 176 Å². The maximum atomic E-state index is 6.55. The van der Waals surface area contributed by atoms with Gasteiger partial charge in [0.05, 0.1) is 15.9 Å². The van der Waals surface area contributed by atoms with Gasteiger partial charge in [0.25, 0.3) is 0 Å². The number of hydrogen-bond acceptors (Lipinski definition) is 7. The fourth-order valence-corrected chi connectivity index (χ4v) is 8.61. The lowest BCUT2D eigenvalue weighted by atomic mass is 9.97. The lowest BCUT2D eigenvalue weighted by molar-refractivity contribution is 0.669. The third-order valence-electron chi connectivity index (χ3n) is 10.2. The predicted octanol–water partition coefficient (Wildman–Crippen LogP) is 12.9. The monoisotopic (exact) mass is 735 g/mol. The average molecular weight is 736 g/mol. The predicted molar refractivity (Wildman–Crippen MR) is 228 cm³/mol. The summed E-state index contributed by atoms with van der Waals surface area (Å²) in [4.78, 5) is 25.0. The zero-order valence-electron chi connectivity index (χ0n) is 29.8. The number of nitrogens with zero attached hydrogens (tertiary/aromatic N) is 5. The van der Waals surface area contributed by atoms with Gasteiger partial charge >= 0.3 is 0 Å². The van der Waals surface area contributed by atoms with E-state index in [1.807, 2.05) is 91.0 Å². The van der Waals surface area contributed by atoms with Gasteiger partial charge in [0.1, 0.15) is 11.2 Å². The van der Waals surface area contributed by atoms with E-state index in [-0.39, 0.29) is 0 Å². The zero-order valence-corrected chi connectivity index (χ0v) is 30.6. The number of aromatic nitrogens is 5. The Morgan fingerprint density at radius 3 is 1.59 bits per heavy atom. The lowest BCUT2D eigenvalue weighted by Crippen LogP contribution is -2.00. The quantitative estimate of drug-likeness (QED) is 0.169. The standard InChI is InChI=1S/C49H29N5OS/c1-4-13-32(14-5-1)46-50-43(45-44(51-46)38-19-10-11-22-41(38)56-45)31-25-23-30(24-26-31)36-20-12-21-39-42(36)37-28-27-35(29-40(37)55-39)49-53-47(33-15-6-2-7-16-33)52-48(54-49)34-17-8-3-9-18-34/h1-29H. The molecule has 0 saturated heterocycles. The first-order valence-electron chi connectivity index (χ1n) is 18.4. The van der Waals surface area contributed by atoms with Crippen LogP contribution in [0.4, 0.5) is 0 Å². The summed E-state index contributed by atoms with van der Waals surface area (Å²) >= 11 is 1.74. The molecule has 0 radical (unpaired) electrons. The molecule has 0 aliphatic heterocycles. The summed E-state index contributed by atoms with van der Waals surface area (Å²) in [5.74, 6) is 2.55. The van der Waals surface area contributed by atoms with Crippen molar-refractivity contribution in [2.24, 2.45) is 0 Å². The van der Waals surface area contributed by atoms with Crippen LogP contribution >= 0.6 is 11.3 Å². The molecule has 0 fully saturated rings. The largest absolute Gasteiger partial charge is 0.456 e. The third-order valence-corrected chi connectivity index (χ3v) is 11.3. The Hall–Kier alpha value is -7.35. The summed E-state index contributed by atoms with van der Waals surface area (Å²) in [7, 11) is 0. The second kappa shape index (κ2) is 13.2. The summed E-state index contributed by atoms with van der Waals surface area (Å²) in [6.07, 6.45) is 0. The SMILES string of the molecule is c1ccc(-c2nc(-c3ccccc3)nc(-c3ccc4c(c3)oc3cccc(-c5ccc(-c6nc(-c7ccccc7)nc7c6sc6ccccc67)cc5)c34)n2)cc1. The highest BCUT2D eigenvalue weighted by Gasteiger charge is 2.19. The number of furan rings is 1. The highest BCUT2D eigenvalue weighted by Crippen LogP contribution is 2.42. The van der Waals surface area contributed by atoms with Crippen molar-refractivity contribution >= 4 is 53.6 Å². The molecule has 0 spiro atoms. The van der Waals surface area contributed by atoms with E-state index < -0.39 is 0 Å². The second-order valence-corrected chi connectivity index (χ2v) is 14.7. The number of hydrogen-bond donors (Lipinski definition) is 0. The van der Waals surface area contributed by atoms with E-state index in [4.69, 9.17) is 29.3 Å². The van der Waals surface area contributed by atoms with Crippen molar-refractivity contribution in [2.75, 3.05) is 0 Å². The second-order valence-electron chi connectivity index (χ2n) is 13.6. The Morgan fingerprint density at radius 1 is 0.375 bits per heavy atom. The van der Waals surface area contributed by atoms with Crippen LogP contribution in [-0.4, -0.2) is 24.9 Å². The normalized spacial score (nSPS) is 11.6. The molecule has 0 aliphatic carbocycles. The first kappa shape index (κ1) is 32.1. The van der Waals surface area contributed by atoms with Crippen LogP contribution in [0.2, 0.25) is 0 Å². The Labute approximate surface area is 325 Å². The van der Waals surface area contributed by atoms with E-state index in [2.05, 4.69) is 84.9 Å². The van der Waals surface area contributed by atoms with Gasteiger partial charge in [0.15, 0.2) is 23.3 Å². The van der Waals surface area contributed by atoms with Crippen LogP contribution in [0.15, 0.2) is 180 Å². The average Bonchev–Trinajstić information content (AvgIpc) is 3.85. The molecule has 11 aromatic rings. The summed E-state index contributed by atoms with van der Waals surface area (Å²) in [6.45, 7) is 0. The molecule has 0 unspecified atom stereocenters. The Balaban J connectivity index is 1.00. The molecular formula is C49H29N5OS. The number of benzene rings is 7. The molecule has 4 aromatic heterocycles. The Kier molecular flexibility index (Phi) is 7.57. The summed E-state index contributed by atoms with van der Waals surface area (Å²) < 4.78 is 8.83. The molecule has 7 heteroatoms. The zero-order chi connectivity index (χ0) is 37.0. The maximum absolute atomic E-state index is 6.55. The van der Waals surface area contributed by atoms with E-state index in [1.165, 1.54) is 4.70 Å². The van der Waals surface area contributed by atoms with Gasteiger partial charge in [-0.2, -0.15) is 0 Å². The molecule has 56 heavy (non-hydrogen) atoms. The van der Waals surface area contributed by atoms with E-state index in [0.29, 0.717) is 17.5 Å².